The summed E-state index contributed by atoms with van der Waals surface area (Å²) in [5, 5.41) is 7.77. The standard InChI is InChI=1S/C22H24N4O3S2/c1-15-6-11-21(16(2)13-15)24-22(30)26-25-17(3)18-7-9-20(10-8-18)31(27,28)23-14-19-5-4-12-29-19/h4-13,23H,14H2,1-3H3,(H2,24,26,30)/b25-17+. The second kappa shape index (κ2) is 9.86. The lowest BCUT2D eigenvalue weighted by Crippen LogP contribution is -2.25. The van der Waals surface area contributed by atoms with E-state index in [0.717, 1.165) is 16.8 Å². The van der Waals surface area contributed by atoms with Crippen LogP contribution in [0.4, 0.5) is 5.69 Å². The van der Waals surface area contributed by atoms with Gasteiger partial charge >= 0.3 is 0 Å². The Morgan fingerprint density at radius 1 is 1.10 bits per heavy atom. The Balaban J connectivity index is 1.60. The topological polar surface area (TPSA) is 95.7 Å². The molecule has 7 nitrogen and oxygen atoms in total. The second-order valence-electron chi connectivity index (χ2n) is 7.01. The molecule has 0 radical (unpaired) electrons. The molecule has 0 spiro atoms. The summed E-state index contributed by atoms with van der Waals surface area (Å²) in [4.78, 5) is 0.163. The maximum absolute atomic E-state index is 12.4. The molecule has 0 saturated carbocycles. The molecule has 0 aliphatic carbocycles. The van der Waals surface area contributed by atoms with E-state index in [0.29, 0.717) is 16.6 Å². The number of hydrogen-bond donors (Lipinski definition) is 3. The van der Waals surface area contributed by atoms with E-state index in [9.17, 15) is 8.42 Å². The first-order valence-corrected chi connectivity index (χ1v) is 11.4. The first-order valence-electron chi connectivity index (χ1n) is 9.55. The molecule has 2 aromatic carbocycles. The van der Waals surface area contributed by atoms with Crippen LogP contribution in [0.5, 0.6) is 0 Å². The van der Waals surface area contributed by atoms with Gasteiger partial charge < -0.3 is 9.73 Å². The zero-order valence-corrected chi connectivity index (χ0v) is 19.1. The van der Waals surface area contributed by atoms with Gasteiger partial charge in [-0.05, 0) is 74.4 Å². The monoisotopic (exact) mass is 456 g/mol. The van der Waals surface area contributed by atoms with Crippen molar-refractivity contribution in [3.63, 3.8) is 0 Å². The number of furan rings is 1. The summed E-state index contributed by atoms with van der Waals surface area (Å²) in [6.45, 7) is 5.94. The maximum Gasteiger partial charge on any atom is 0.240 e. The number of aryl methyl sites for hydroxylation is 2. The molecule has 0 aliphatic rings. The quantitative estimate of drug-likeness (QED) is 0.282. The molecule has 0 fully saturated rings. The SMILES string of the molecule is C/C(=N\NC(=S)Nc1ccc(C)cc1C)c1ccc(S(=O)(=O)NCc2ccco2)cc1. The number of sulfonamides is 1. The average molecular weight is 457 g/mol. The summed E-state index contributed by atoms with van der Waals surface area (Å²) < 4.78 is 32.5. The fourth-order valence-electron chi connectivity index (χ4n) is 2.84. The fourth-order valence-corrected chi connectivity index (χ4v) is 3.99. The van der Waals surface area contributed by atoms with Gasteiger partial charge in [-0.15, -0.1) is 0 Å². The van der Waals surface area contributed by atoms with Gasteiger partial charge in [0.1, 0.15) is 5.76 Å². The molecule has 3 rings (SSSR count). The van der Waals surface area contributed by atoms with Crippen LogP contribution in [0.15, 0.2) is 75.3 Å². The van der Waals surface area contributed by atoms with Gasteiger partial charge in [0.2, 0.25) is 10.0 Å². The number of rotatable bonds is 7. The summed E-state index contributed by atoms with van der Waals surface area (Å²) in [6.07, 6.45) is 1.50. The summed E-state index contributed by atoms with van der Waals surface area (Å²) >= 11 is 5.30. The number of nitrogens with zero attached hydrogens (tertiary/aromatic N) is 1. The van der Waals surface area contributed by atoms with E-state index in [1.807, 2.05) is 32.9 Å². The minimum absolute atomic E-state index is 0.0897. The van der Waals surface area contributed by atoms with Crippen molar-refractivity contribution in [3.8, 4) is 0 Å². The molecule has 0 bridgehead atoms. The number of nitrogens with one attached hydrogen (secondary N) is 3. The minimum Gasteiger partial charge on any atom is -0.468 e. The number of thiocarbonyl (C=S) groups is 1. The lowest BCUT2D eigenvalue weighted by molar-refractivity contribution is 0.498. The molecular weight excluding hydrogens is 432 g/mol. The Morgan fingerprint density at radius 3 is 2.48 bits per heavy atom. The van der Waals surface area contributed by atoms with Crippen LogP contribution in [0.2, 0.25) is 0 Å². The first-order chi connectivity index (χ1) is 14.7. The molecule has 0 aliphatic heterocycles. The molecule has 0 saturated heterocycles. The van der Waals surface area contributed by atoms with Gasteiger partial charge in [0.25, 0.3) is 0 Å². The zero-order valence-electron chi connectivity index (χ0n) is 17.5. The summed E-state index contributed by atoms with van der Waals surface area (Å²) in [6, 6.07) is 15.9. The van der Waals surface area contributed by atoms with Gasteiger partial charge in [-0.1, -0.05) is 29.8 Å². The summed E-state index contributed by atoms with van der Waals surface area (Å²) in [5.41, 5.74) is 7.43. The van der Waals surface area contributed by atoms with Crippen molar-refractivity contribution in [3.05, 3.63) is 83.3 Å². The highest BCUT2D eigenvalue weighted by Gasteiger charge is 2.14. The van der Waals surface area contributed by atoms with Crippen molar-refractivity contribution in [1.29, 1.82) is 0 Å². The van der Waals surface area contributed by atoms with Crippen molar-refractivity contribution in [2.24, 2.45) is 5.10 Å². The van der Waals surface area contributed by atoms with Crippen molar-refractivity contribution in [1.82, 2.24) is 10.1 Å². The molecular formula is C22H24N4O3S2. The predicted molar refractivity (Wildman–Crippen MR) is 127 cm³/mol. The third-order valence-electron chi connectivity index (χ3n) is 4.55. The summed E-state index contributed by atoms with van der Waals surface area (Å²) in [7, 11) is -3.64. The molecule has 162 valence electrons. The number of anilines is 1. The van der Waals surface area contributed by atoms with Gasteiger partial charge in [0, 0.05) is 5.69 Å². The molecule has 0 unspecified atom stereocenters. The number of benzene rings is 2. The van der Waals surface area contributed by atoms with Crippen LogP contribution >= 0.6 is 12.2 Å². The lowest BCUT2D eigenvalue weighted by Gasteiger charge is -2.11. The molecule has 31 heavy (non-hydrogen) atoms. The second-order valence-corrected chi connectivity index (χ2v) is 9.19. The van der Waals surface area contributed by atoms with E-state index < -0.39 is 10.0 Å². The minimum atomic E-state index is -3.64. The van der Waals surface area contributed by atoms with Crippen LogP contribution in [0.25, 0.3) is 0 Å². The van der Waals surface area contributed by atoms with E-state index >= 15 is 0 Å². The Hall–Kier alpha value is -3.01. The fraction of sp³-hybridized carbons (Fsp3) is 0.182. The van der Waals surface area contributed by atoms with Crippen LogP contribution in [0.1, 0.15) is 29.4 Å². The zero-order chi connectivity index (χ0) is 22.4. The van der Waals surface area contributed by atoms with Crippen molar-refractivity contribution in [2.75, 3.05) is 5.32 Å². The van der Waals surface area contributed by atoms with Gasteiger partial charge in [0.05, 0.1) is 23.4 Å². The third-order valence-corrected chi connectivity index (χ3v) is 6.16. The molecule has 1 heterocycles. The van der Waals surface area contributed by atoms with Gasteiger partial charge in [0.15, 0.2) is 5.11 Å². The highest BCUT2D eigenvalue weighted by atomic mass is 32.2. The van der Waals surface area contributed by atoms with Crippen LogP contribution in [0.3, 0.4) is 0 Å². The van der Waals surface area contributed by atoms with Crippen molar-refractivity contribution < 1.29 is 12.8 Å². The highest BCUT2D eigenvalue weighted by Crippen LogP contribution is 2.16. The molecule has 3 aromatic rings. The maximum atomic E-state index is 12.4. The Labute approximate surface area is 187 Å². The molecule has 0 amide bonds. The summed E-state index contributed by atoms with van der Waals surface area (Å²) in [5.74, 6) is 0.541. The molecule has 3 N–H and O–H groups in total. The van der Waals surface area contributed by atoms with Crippen LogP contribution < -0.4 is 15.5 Å². The van der Waals surface area contributed by atoms with E-state index in [2.05, 4.69) is 26.6 Å². The molecule has 9 heteroatoms. The number of hydrogen-bond acceptors (Lipinski definition) is 5. The third kappa shape index (κ3) is 6.24. The van der Waals surface area contributed by atoms with Crippen molar-refractivity contribution in [2.45, 2.75) is 32.2 Å². The first kappa shape index (κ1) is 22.7. The average Bonchev–Trinajstić information content (AvgIpc) is 3.26. The van der Waals surface area contributed by atoms with Gasteiger partial charge in [-0.3, -0.25) is 5.43 Å². The number of hydrazone groups is 1. The predicted octanol–water partition coefficient (Wildman–Crippen LogP) is 4.09. The Kier molecular flexibility index (Phi) is 7.21. The Bertz CT molecular complexity index is 1190. The molecule has 1 aromatic heterocycles. The largest absolute Gasteiger partial charge is 0.468 e. The highest BCUT2D eigenvalue weighted by molar-refractivity contribution is 7.89. The lowest BCUT2D eigenvalue weighted by atomic mass is 10.1. The van der Waals surface area contributed by atoms with Crippen LogP contribution in [-0.4, -0.2) is 19.2 Å². The van der Waals surface area contributed by atoms with Crippen LogP contribution in [0, 0.1) is 13.8 Å². The van der Waals surface area contributed by atoms with E-state index in [1.165, 1.54) is 24.0 Å². The van der Waals surface area contributed by atoms with E-state index in [4.69, 9.17) is 16.6 Å². The van der Waals surface area contributed by atoms with E-state index in [-0.39, 0.29) is 11.4 Å². The van der Waals surface area contributed by atoms with Crippen LogP contribution in [-0.2, 0) is 16.6 Å². The smallest absolute Gasteiger partial charge is 0.240 e. The van der Waals surface area contributed by atoms with E-state index in [1.54, 1.807) is 24.3 Å². The molecule has 0 atom stereocenters. The van der Waals surface area contributed by atoms with Gasteiger partial charge in [-0.25, -0.2) is 13.1 Å². The van der Waals surface area contributed by atoms with Crippen molar-refractivity contribution >= 4 is 38.8 Å². The normalized spacial score (nSPS) is 11.9. The Morgan fingerprint density at radius 2 is 1.84 bits per heavy atom. The van der Waals surface area contributed by atoms with Gasteiger partial charge in [-0.2, -0.15) is 5.10 Å².